The van der Waals surface area contributed by atoms with Crippen molar-refractivity contribution in [1.82, 2.24) is 19.3 Å². The lowest BCUT2D eigenvalue weighted by molar-refractivity contribution is 0.0990. The van der Waals surface area contributed by atoms with E-state index >= 15 is 0 Å². The minimum Gasteiger partial charge on any atom is -0.497 e. The van der Waals surface area contributed by atoms with Crippen LogP contribution in [0.1, 0.15) is 28.7 Å². The number of benzene rings is 2. The molecule has 5 aromatic rings. The van der Waals surface area contributed by atoms with E-state index in [1.807, 2.05) is 24.3 Å². The Hall–Kier alpha value is -4.79. The number of carbonyl (C=O) groups excluding carboxylic acids is 1. The summed E-state index contributed by atoms with van der Waals surface area (Å²) < 4.78 is 28.2. The van der Waals surface area contributed by atoms with Crippen LogP contribution in [0.2, 0.25) is 0 Å². The van der Waals surface area contributed by atoms with Gasteiger partial charge in [-0.25, -0.2) is 9.07 Å². The number of nitrogens with zero attached hydrogens (tertiary/aromatic N) is 4. The molecule has 0 fully saturated rings. The molecule has 0 N–H and O–H groups in total. The summed E-state index contributed by atoms with van der Waals surface area (Å²) in [7, 11) is 1.60. The molecule has 0 radical (unpaired) electrons. The number of Topliss-reactive ketones (excluding diaryl/α,β-unsaturated/α-hetero) is 1. The van der Waals surface area contributed by atoms with E-state index in [-0.39, 0.29) is 24.3 Å². The summed E-state index contributed by atoms with van der Waals surface area (Å²) in [4.78, 5) is 35.4. The van der Waals surface area contributed by atoms with Crippen LogP contribution in [0.3, 0.4) is 0 Å². The fourth-order valence-corrected chi connectivity index (χ4v) is 4.53. The number of rotatable bonds is 9. The fourth-order valence-electron chi connectivity index (χ4n) is 4.53. The Labute approximate surface area is 224 Å². The van der Waals surface area contributed by atoms with E-state index in [0.717, 1.165) is 10.9 Å². The van der Waals surface area contributed by atoms with Gasteiger partial charge in [0.25, 0.3) is 5.56 Å². The predicted molar refractivity (Wildman–Crippen MR) is 146 cm³/mol. The molecule has 0 unspecified atom stereocenters. The summed E-state index contributed by atoms with van der Waals surface area (Å²) in [6, 6.07) is 19.6. The van der Waals surface area contributed by atoms with E-state index in [1.54, 1.807) is 62.7 Å². The van der Waals surface area contributed by atoms with E-state index in [4.69, 9.17) is 9.47 Å². The van der Waals surface area contributed by atoms with Crippen molar-refractivity contribution in [2.24, 2.45) is 0 Å². The first kappa shape index (κ1) is 25.8. The van der Waals surface area contributed by atoms with E-state index in [0.29, 0.717) is 34.3 Å². The molecule has 5 rings (SSSR count). The smallest absolute Gasteiger partial charge is 0.282 e. The highest BCUT2D eigenvalue weighted by atomic mass is 19.1. The van der Waals surface area contributed by atoms with Crippen LogP contribution >= 0.6 is 0 Å². The van der Waals surface area contributed by atoms with Gasteiger partial charge in [-0.3, -0.25) is 24.2 Å². The second-order valence-electron chi connectivity index (χ2n) is 9.16. The Morgan fingerprint density at radius 1 is 1.03 bits per heavy atom. The molecular weight excluding hydrogens is 499 g/mol. The number of methoxy groups -OCH3 is 1. The number of alkyl halides is 1. The van der Waals surface area contributed by atoms with Crippen LogP contribution in [0.4, 0.5) is 4.39 Å². The lowest BCUT2D eigenvalue weighted by Gasteiger charge is -2.14. The molecule has 2 aromatic carbocycles. The van der Waals surface area contributed by atoms with E-state index in [9.17, 15) is 14.0 Å². The molecule has 9 heteroatoms. The van der Waals surface area contributed by atoms with Gasteiger partial charge in [-0.05, 0) is 56.3 Å². The molecule has 0 saturated carbocycles. The topological polar surface area (TPSA) is 88.2 Å². The monoisotopic (exact) mass is 526 g/mol. The average molecular weight is 527 g/mol. The number of hydrogen-bond acceptors (Lipinski definition) is 6. The van der Waals surface area contributed by atoms with Gasteiger partial charge < -0.3 is 9.47 Å². The van der Waals surface area contributed by atoms with Gasteiger partial charge in [-0.2, -0.15) is 0 Å². The number of hydrogen-bond donors (Lipinski definition) is 0. The first-order valence-electron chi connectivity index (χ1n) is 12.5. The van der Waals surface area contributed by atoms with Crippen LogP contribution < -0.4 is 15.0 Å². The maximum Gasteiger partial charge on any atom is 0.282 e. The van der Waals surface area contributed by atoms with Crippen molar-refractivity contribution in [3.63, 3.8) is 0 Å². The van der Waals surface area contributed by atoms with Crippen LogP contribution in [0.15, 0.2) is 83.9 Å². The molecule has 3 aromatic heterocycles. The molecule has 198 valence electrons. The molecule has 1 atom stereocenters. The molecule has 0 amide bonds. The number of carbonyl (C=O) groups is 1. The van der Waals surface area contributed by atoms with Gasteiger partial charge in [-0.15, -0.1) is 0 Å². The highest BCUT2D eigenvalue weighted by molar-refractivity contribution is 5.98. The quantitative estimate of drug-likeness (QED) is 0.237. The third kappa shape index (κ3) is 5.29. The van der Waals surface area contributed by atoms with Crippen LogP contribution in [-0.2, 0) is 13.0 Å². The van der Waals surface area contributed by atoms with Crippen molar-refractivity contribution in [1.29, 1.82) is 0 Å². The van der Waals surface area contributed by atoms with Crippen LogP contribution in [0, 0.1) is 6.92 Å². The van der Waals surface area contributed by atoms with E-state index in [1.165, 1.54) is 22.5 Å². The summed E-state index contributed by atoms with van der Waals surface area (Å²) in [5.41, 5.74) is 1.73. The highest BCUT2D eigenvalue weighted by Crippen LogP contribution is 2.30. The minimum atomic E-state index is -1.21. The number of aromatic nitrogens is 4. The lowest BCUT2D eigenvalue weighted by atomic mass is 10.1. The largest absolute Gasteiger partial charge is 0.497 e. The second kappa shape index (κ2) is 10.9. The third-order valence-corrected chi connectivity index (χ3v) is 6.38. The SMILES string of the molecule is COc1ccc2c(Oc3ccc(CC(=O)c4c(C)n(C[C@H](C)F)n(-c5ccccc5)c4=O)nc3)ccnc2c1. The second-order valence-corrected chi connectivity index (χ2v) is 9.16. The Bertz CT molecular complexity index is 1690. The van der Waals surface area contributed by atoms with Gasteiger partial charge in [0.15, 0.2) is 5.78 Å². The number of pyridine rings is 2. The Morgan fingerprint density at radius 2 is 1.79 bits per heavy atom. The predicted octanol–water partition coefficient (Wildman–Crippen LogP) is 5.47. The first-order chi connectivity index (χ1) is 18.9. The summed E-state index contributed by atoms with van der Waals surface area (Å²) in [5, 5.41) is 0.815. The molecule has 0 aliphatic rings. The van der Waals surface area contributed by atoms with Crippen molar-refractivity contribution >= 4 is 16.7 Å². The van der Waals surface area contributed by atoms with Crippen molar-refractivity contribution in [3.05, 3.63) is 106 Å². The van der Waals surface area contributed by atoms with Crippen LogP contribution in [0.25, 0.3) is 16.6 Å². The van der Waals surface area contributed by atoms with Gasteiger partial charge in [0.2, 0.25) is 0 Å². The Balaban J connectivity index is 1.38. The molecule has 39 heavy (non-hydrogen) atoms. The first-order valence-corrected chi connectivity index (χ1v) is 12.5. The number of ether oxygens (including phenoxy) is 2. The van der Waals surface area contributed by atoms with E-state index < -0.39 is 11.7 Å². The van der Waals surface area contributed by atoms with Gasteiger partial charge in [0.05, 0.1) is 37.5 Å². The van der Waals surface area contributed by atoms with Crippen LogP contribution in [-0.4, -0.2) is 38.4 Å². The fraction of sp³-hybridized carbons (Fsp3) is 0.200. The maximum atomic E-state index is 14.0. The van der Waals surface area contributed by atoms with Crippen molar-refractivity contribution < 1.29 is 18.7 Å². The Kier molecular flexibility index (Phi) is 7.23. The molecule has 8 nitrogen and oxygen atoms in total. The molecule has 0 saturated heterocycles. The number of fused-ring (bicyclic) bond motifs is 1. The maximum absolute atomic E-state index is 14.0. The zero-order valence-electron chi connectivity index (χ0n) is 21.8. The summed E-state index contributed by atoms with van der Waals surface area (Å²) >= 11 is 0. The lowest BCUT2D eigenvalue weighted by Crippen LogP contribution is -2.25. The number of halogens is 1. The minimum absolute atomic E-state index is 0.0281. The molecule has 3 heterocycles. The van der Waals surface area contributed by atoms with Crippen LogP contribution in [0.5, 0.6) is 17.2 Å². The van der Waals surface area contributed by atoms with Crippen molar-refractivity contribution in [3.8, 4) is 22.9 Å². The van der Waals surface area contributed by atoms with Gasteiger partial charge in [0.1, 0.15) is 29.0 Å². The molecule has 0 spiro atoms. The van der Waals surface area contributed by atoms with Crippen molar-refractivity contribution in [2.45, 2.75) is 33.0 Å². The molecule has 0 aliphatic heterocycles. The zero-order chi connectivity index (χ0) is 27.5. The zero-order valence-corrected chi connectivity index (χ0v) is 21.8. The van der Waals surface area contributed by atoms with Gasteiger partial charge >= 0.3 is 0 Å². The highest BCUT2D eigenvalue weighted by Gasteiger charge is 2.24. The normalized spacial score (nSPS) is 11.9. The molecule has 0 aliphatic carbocycles. The van der Waals surface area contributed by atoms with Gasteiger partial charge in [-0.1, -0.05) is 18.2 Å². The van der Waals surface area contributed by atoms with Crippen molar-refractivity contribution in [2.75, 3.05) is 7.11 Å². The standard InChI is InChI=1S/C30H27FN4O4/c1-19(31)18-34-20(2)29(30(37)35(34)22-7-5-4-6-8-22)27(36)15-21-9-10-24(17-33-21)39-28-13-14-32-26-16-23(38-3)11-12-25(26)28/h4-14,16-17,19H,15,18H2,1-3H3/t19-/m0/s1. The summed E-state index contributed by atoms with van der Waals surface area (Å²) in [6.07, 6.45) is 1.89. The molecular formula is C30H27FN4O4. The average Bonchev–Trinajstić information content (AvgIpc) is 3.18. The van der Waals surface area contributed by atoms with E-state index in [2.05, 4.69) is 9.97 Å². The summed E-state index contributed by atoms with van der Waals surface area (Å²) in [5.74, 6) is 1.40. The summed E-state index contributed by atoms with van der Waals surface area (Å²) in [6.45, 7) is 3.03. The molecule has 0 bridgehead atoms. The third-order valence-electron chi connectivity index (χ3n) is 6.38. The number of ketones is 1. The Morgan fingerprint density at radius 3 is 2.49 bits per heavy atom. The van der Waals surface area contributed by atoms with Gasteiger partial charge in [0, 0.05) is 29.0 Å². The number of para-hydroxylation sites is 1.